The van der Waals surface area contributed by atoms with Crippen molar-refractivity contribution in [3.63, 3.8) is 0 Å². The molecule has 1 saturated heterocycles. The fourth-order valence-electron chi connectivity index (χ4n) is 3.75. The van der Waals surface area contributed by atoms with Crippen LogP contribution in [0.15, 0.2) is 48.5 Å². The monoisotopic (exact) mass is 427 g/mol. The molecule has 0 aromatic heterocycles. The Labute approximate surface area is 178 Å². The third-order valence-electron chi connectivity index (χ3n) is 5.37. The standard InChI is InChI=1S/C22H22FN3O3S/c1-13(19(27)24-11-10-14-6-8-15(23)9-7-14)25-20(28)18-12-30-22-17-5-3-2-4-16(17)21(29)26(18)22/h2-9,13,18,22H,10-12H2,1H3,(H,24,27)(H,25,28)/t13-,18-,22?/m0/s1. The summed E-state index contributed by atoms with van der Waals surface area (Å²) in [6, 6.07) is 12.2. The number of rotatable bonds is 6. The van der Waals surface area contributed by atoms with Crippen LogP contribution in [0.2, 0.25) is 0 Å². The van der Waals surface area contributed by atoms with Crippen molar-refractivity contribution in [1.29, 1.82) is 0 Å². The topological polar surface area (TPSA) is 78.5 Å². The largest absolute Gasteiger partial charge is 0.354 e. The van der Waals surface area contributed by atoms with Gasteiger partial charge in [0.2, 0.25) is 11.8 Å². The summed E-state index contributed by atoms with van der Waals surface area (Å²) in [4.78, 5) is 39.5. The molecule has 8 heteroatoms. The van der Waals surface area contributed by atoms with Crippen LogP contribution in [0.4, 0.5) is 4.39 Å². The average Bonchev–Trinajstić information content (AvgIpc) is 3.30. The molecule has 156 valence electrons. The Morgan fingerprint density at radius 3 is 2.70 bits per heavy atom. The highest BCUT2D eigenvalue weighted by Gasteiger charge is 2.48. The third kappa shape index (κ3) is 3.92. The molecule has 0 spiro atoms. The van der Waals surface area contributed by atoms with E-state index in [0.29, 0.717) is 24.3 Å². The van der Waals surface area contributed by atoms with E-state index < -0.39 is 12.1 Å². The van der Waals surface area contributed by atoms with Gasteiger partial charge in [-0.3, -0.25) is 14.4 Å². The SMILES string of the molecule is C[C@H](NC(=O)[C@@H]1CSC2c3ccccc3C(=O)N21)C(=O)NCCc1ccc(F)cc1. The summed E-state index contributed by atoms with van der Waals surface area (Å²) < 4.78 is 12.9. The molecule has 6 nitrogen and oxygen atoms in total. The van der Waals surface area contributed by atoms with E-state index in [9.17, 15) is 18.8 Å². The van der Waals surface area contributed by atoms with Crippen LogP contribution >= 0.6 is 11.8 Å². The minimum atomic E-state index is -0.727. The lowest BCUT2D eigenvalue weighted by molar-refractivity contribution is -0.130. The Bertz CT molecular complexity index is 982. The van der Waals surface area contributed by atoms with Crippen molar-refractivity contribution in [2.75, 3.05) is 12.3 Å². The lowest BCUT2D eigenvalue weighted by atomic mass is 10.1. The number of thioether (sulfide) groups is 1. The van der Waals surface area contributed by atoms with Gasteiger partial charge in [-0.1, -0.05) is 30.3 Å². The van der Waals surface area contributed by atoms with Gasteiger partial charge in [0.15, 0.2) is 0 Å². The van der Waals surface area contributed by atoms with Gasteiger partial charge >= 0.3 is 0 Å². The number of nitrogens with zero attached hydrogens (tertiary/aromatic N) is 1. The number of halogens is 1. The number of benzene rings is 2. The number of carbonyl (C=O) groups is 3. The zero-order valence-corrected chi connectivity index (χ0v) is 17.2. The fraction of sp³-hybridized carbons (Fsp3) is 0.318. The highest BCUT2D eigenvalue weighted by molar-refractivity contribution is 7.99. The molecular formula is C22H22FN3O3S. The molecule has 30 heavy (non-hydrogen) atoms. The number of amides is 3. The highest BCUT2D eigenvalue weighted by Crippen LogP contribution is 2.48. The minimum Gasteiger partial charge on any atom is -0.354 e. The van der Waals surface area contributed by atoms with Crippen molar-refractivity contribution in [3.05, 3.63) is 71.0 Å². The first-order valence-corrected chi connectivity index (χ1v) is 10.9. The Balaban J connectivity index is 1.30. The Hall–Kier alpha value is -2.87. The summed E-state index contributed by atoms with van der Waals surface area (Å²) in [7, 11) is 0. The molecule has 0 bridgehead atoms. The number of hydrogen-bond donors (Lipinski definition) is 2. The van der Waals surface area contributed by atoms with Crippen molar-refractivity contribution in [1.82, 2.24) is 15.5 Å². The van der Waals surface area contributed by atoms with E-state index in [1.807, 2.05) is 18.2 Å². The summed E-state index contributed by atoms with van der Waals surface area (Å²) >= 11 is 1.56. The van der Waals surface area contributed by atoms with Crippen molar-refractivity contribution in [2.24, 2.45) is 0 Å². The maximum Gasteiger partial charge on any atom is 0.256 e. The zero-order valence-electron chi connectivity index (χ0n) is 16.4. The van der Waals surface area contributed by atoms with E-state index in [-0.39, 0.29) is 28.9 Å². The molecule has 0 aliphatic carbocycles. The van der Waals surface area contributed by atoms with Crippen LogP contribution in [0, 0.1) is 5.82 Å². The van der Waals surface area contributed by atoms with Gasteiger partial charge in [-0.15, -0.1) is 11.8 Å². The molecule has 3 amide bonds. The van der Waals surface area contributed by atoms with E-state index in [0.717, 1.165) is 11.1 Å². The molecule has 1 fully saturated rings. The Kier molecular flexibility index (Phi) is 5.76. The first kappa shape index (κ1) is 20.4. The smallest absolute Gasteiger partial charge is 0.256 e. The maximum absolute atomic E-state index is 12.9. The molecule has 2 aliphatic rings. The Morgan fingerprint density at radius 1 is 1.20 bits per heavy atom. The van der Waals surface area contributed by atoms with Gasteiger partial charge in [-0.05, 0) is 42.7 Å². The van der Waals surface area contributed by atoms with Crippen LogP contribution in [-0.2, 0) is 16.0 Å². The highest BCUT2D eigenvalue weighted by atomic mass is 32.2. The van der Waals surface area contributed by atoms with Crippen LogP contribution in [0.1, 0.15) is 33.8 Å². The first-order chi connectivity index (χ1) is 14.5. The van der Waals surface area contributed by atoms with Crippen molar-refractivity contribution < 1.29 is 18.8 Å². The molecule has 2 aromatic carbocycles. The predicted octanol–water partition coefficient (Wildman–Crippen LogP) is 2.26. The van der Waals surface area contributed by atoms with E-state index in [4.69, 9.17) is 0 Å². The molecule has 2 N–H and O–H groups in total. The van der Waals surface area contributed by atoms with E-state index in [1.165, 1.54) is 12.1 Å². The molecule has 2 aromatic rings. The second-order valence-corrected chi connectivity index (χ2v) is 8.51. The average molecular weight is 428 g/mol. The summed E-state index contributed by atoms with van der Waals surface area (Å²) in [5.74, 6) is -0.575. The van der Waals surface area contributed by atoms with E-state index in [1.54, 1.807) is 41.8 Å². The van der Waals surface area contributed by atoms with Gasteiger partial charge in [0, 0.05) is 17.9 Å². The molecule has 1 unspecified atom stereocenters. The van der Waals surface area contributed by atoms with Gasteiger partial charge in [-0.25, -0.2) is 4.39 Å². The normalized spacial score (nSPS) is 20.5. The predicted molar refractivity (Wildman–Crippen MR) is 112 cm³/mol. The van der Waals surface area contributed by atoms with Crippen LogP contribution in [-0.4, -0.2) is 47.0 Å². The van der Waals surface area contributed by atoms with Crippen molar-refractivity contribution in [2.45, 2.75) is 30.8 Å². The van der Waals surface area contributed by atoms with Crippen LogP contribution < -0.4 is 10.6 Å². The molecule has 0 radical (unpaired) electrons. The first-order valence-electron chi connectivity index (χ1n) is 9.81. The van der Waals surface area contributed by atoms with Crippen LogP contribution in [0.25, 0.3) is 0 Å². The van der Waals surface area contributed by atoms with Crippen LogP contribution in [0.5, 0.6) is 0 Å². The molecular weight excluding hydrogens is 405 g/mol. The molecule has 2 aliphatic heterocycles. The number of carbonyl (C=O) groups excluding carboxylic acids is 3. The third-order valence-corrected chi connectivity index (χ3v) is 6.68. The number of nitrogens with one attached hydrogen (secondary N) is 2. The summed E-state index contributed by atoms with van der Waals surface area (Å²) in [6.07, 6.45) is 0.564. The van der Waals surface area contributed by atoms with Crippen LogP contribution in [0.3, 0.4) is 0 Å². The van der Waals surface area contributed by atoms with Crippen molar-refractivity contribution in [3.8, 4) is 0 Å². The minimum absolute atomic E-state index is 0.142. The van der Waals surface area contributed by atoms with E-state index in [2.05, 4.69) is 10.6 Å². The maximum atomic E-state index is 12.9. The van der Waals surface area contributed by atoms with Gasteiger partial charge in [0.05, 0.1) is 0 Å². The van der Waals surface area contributed by atoms with Crippen molar-refractivity contribution >= 4 is 29.5 Å². The molecule has 2 heterocycles. The molecule has 4 rings (SSSR count). The lowest BCUT2D eigenvalue weighted by Crippen LogP contribution is -2.52. The lowest BCUT2D eigenvalue weighted by Gasteiger charge is -2.24. The summed E-state index contributed by atoms with van der Waals surface area (Å²) in [6.45, 7) is 2.00. The van der Waals surface area contributed by atoms with Gasteiger partial charge in [0.1, 0.15) is 23.3 Å². The molecule has 0 saturated carbocycles. The fourth-order valence-corrected chi connectivity index (χ4v) is 5.22. The second kappa shape index (κ2) is 8.47. The quantitative estimate of drug-likeness (QED) is 0.741. The zero-order chi connectivity index (χ0) is 21.3. The second-order valence-electron chi connectivity index (χ2n) is 7.40. The van der Waals surface area contributed by atoms with Gasteiger partial charge < -0.3 is 15.5 Å². The van der Waals surface area contributed by atoms with Gasteiger partial charge in [-0.2, -0.15) is 0 Å². The van der Waals surface area contributed by atoms with Gasteiger partial charge in [0.25, 0.3) is 5.91 Å². The summed E-state index contributed by atoms with van der Waals surface area (Å²) in [5.41, 5.74) is 2.49. The molecule has 3 atom stereocenters. The number of hydrogen-bond acceptors (Lipinski definition) is 4. The van der Waals surface area contributed by atoms with E-state index >= 15 is 0 Å². The number of fused-ring (bicyclic) bond motifs is 3. The Morgan fingerprint density at radius 2 is 1.93 bits per heavy atom. The summed E-state index contributed by atoms with van der Waals surface area (Å²) in [5, 5.41) is 5.36.